The highest BCUT2D eigenvalue weighted by molar-refractivity contribution is 5.07. The SMILES string of the molecule is CC(C)C1CC[C@@]2(C)C(O)CC[C@](C)(O)C(O)[C@H]12. The van der Waals surface area contributed by atoms with Gasteiger partial charge in [0.1, 0.15) is 0 Å². The fourth-order valence-corrected chi connectivity index (χ4v) is 4.34. The Balaban J connectivity index is 2.40. The number of aliphatic hydroxyl groups excluding tert-OH is 2. The summed E-state index contributed by atoms with van der Waals surface area (Å²) in [4.78, 5) is 0. The summed E-state index contributed by atoms with van der Waals surface area (Å²) in [5.41, 5.74) is -1.31. The second kappa shape index (κ2) is 4.46. The quantitative estimate of drug-likeness (QED) is 0.672. The lowest BCUT2D eigenvalue weighted by Gasteiger charge is -2.42. The Kier molecular flexibility index (Phi) is 3.54. The van der Waals surface area contributed by atoms with Gasteiger partial charge in [0.2, 0.25) is 0 Å². The van der Waals surface area contributed by atoms with Gasteiger partial charge in [0.25, 0.3) is 0 Å². The Morgan fingerprint density at radius 3 is 2.22 bits per heavy atom. The van der Waals surface area contributed by atoms with Crippen molar-refractivity contribution in [3.05, 3.63) is 0 Å². The highest BCUT2D eigenvalue weighted by Crippen LogP contribution is 2.57. The van der Waals surface area contributed by atoms with Gasteiger partial charge in [-0.05, 0) is 55.8 Å². The lowest BCUT2D eigenvalue weighted by Crippen LogP contribution is -2.49. The normalized spacial score (nSPS) is 53.3. The van der Waals surface area contributed by atoms with Crippen molar-refractivity contribution in [1.29, 1.82) is 0 Å². The summed E-state index contributed by atoms with van der Waals surface area (Å²) in [5.74, 6) is 0.877. The van der Waals surface area contributed by atoms with E-state index in [-0.39, 0.29) is 11.3 Å². The predicted molar refractivity (Wildman–Crippen MR) is 71.0 cm³/mol. The summed E-state index contributed by atoms with van der Waals surface area (Å²) in [6.07, 6.45) is 1.93. The van der Waals surface area contributed by atoms with Crippen molar-refractivity contribution in [1.82, 2.24) is 0 Å². The first-order chi connectivity index (χ1) is 8.20. The van der Waals surface area contributed by atoms with Gasteiger partial charge < -0.3 is 15.3 Å². The molecule has 3 N–H and O–H groups in total. The van der Waals surface area contributed by atoms with E-state index in [9.17, 15) is 15.3 Å². The van der Waals surface area contributed by atoms with Crippen LogP contribution < -0.4 is 0 Å². The van der Waals surface area contributed by atoms with Gasteiger partial charge in [0.15, 0.2) is 0 Å². The Morgan fingerprint density at radius 2 is 1.67 bits per heavy atom. The van der Waals surface area contributed by atoms with Crippen molar-refractivity contribution in [2.75, 3.05) is 0 Å². The Bertz CT molecular complexity index is 313. The molecule has 2 fully saturated rings. The molecule has 2 aliphatic carbocycles. The van der Waals surface area contributed by atoms with Crippen molar-refractivity contribution in [2.24, 2.45) is 23.2 Å². The van der Waals surface area contributed by atoms with Crippen molar-refractivity contribution >= 4 is 0 Å². The molecule has 2 saturated carbocycles. The van der Waals surface area contributed by atoms with E-state index in [0.29, 0.717) is 24.7 Å². The highest BCUT2D eigenvalue weighted by atomic mass is 16.3. The molecule has 3 heteroatoms. The zero-order chi connectivity index (χ0) is 13.7. The van der Waals surface area contributed by atoms with Crippen LogP contribution in [0.1, 0.15) is 53.4 Å². The molecule has 6 atom stereocenters. The number of hydrogen-bond donors (Lipinski definition) is 3. The summed E-state index contributed by atoms with van der Waals surface area (Å²) < 4.78 is 0. The smallest absolute Gasteiger partial charge is 0.0881 e. The molecule has 0 heterocycles. The molecule has 0 aromatic rings. The third-order valence-electron chi connectivity index (χ3n) is 5.76. The number of aliphatic hydroxyl groups is 3. The second-order valence-corrected chi connectivity index (χ2v) is 7.33. The monoisotopic (exact) mass is 256 g/mol. The van der Waals surface area contributed by atoms with Crippen LogP contribution in [0.4, 0.5) is 0 Å². The number of hydrogen-bond acceptors (Lipinski definition) is 3. The van der Waals surface area contributed by atoms with Crippen LogP contribution in [0.3, 0.4) is 0 Å². The molecule has 3 nitrogen and oxygen atoms in total. The van der Waals surface area contributed by atoms with Crippen LogP contribution in [0.15, 0.2) is 0 Å². The molecule has 0 radical (unpaired) electrons. The van der Waals surface area contributed by atoms with E-state index in [2.05, 4.69) is 20.8 Å². The van der Waals surface area contributed by atoms with Crippen LogP contribution in [-0.2, 0) is 0 Å². The van der Waals surface area contributed by atoms with Gasteiger partial charge in [-0.25, -0.2) is 0 Å². The molecule has 18 heavy (non-hydrogen) atoms. The molecule has 0 bridgehead atoms. The zero-order valence-corrected chi connectivity index (χ0v) is 12.1. The van der Waals surface area contributed by atoms with Gasteiger partial charge in [-0.3, -0.25) is 0 Å². The molecule has 2 rings (SSSR count). The molecule has 2 aliphatic rings. The minimum absolute atomic E-state index is 0.00463. The van der Waals surface area contributed by atoms with E-state index in [1.165, 1.54) is 0 Å². The second-order valence-electron chi connectivity index (χ2n) is 7.33. The van der Waals surface area contributed by atoms with Gasteiger partial charge in [-0.1, -0.05) is 20.8 Å². The lowest BCUT2D eigenvalue weighted by atomic mass is 9.67. The van der Waals surface area contributed by atoms with Crippen LogP contribution in [0, 0.1) is 23.2 Å². The van der Waals surface area contributed by atoms with Gasteiger partial charge in [0.05, 0.1) is 17.8 Å². The van der Waals surface area contributed by atoms with E-state index in [1.54, 1.807) is 6.92 Å². The van der Waals surface area contributed by atoms with E-state index >= 15 is 0 Å². The van der Waals surface area contributed by atoms with E-state index in [4.69, 9.17) is 0 Å². The maximum absolute atomic E-state index is 10.6. The summed E-state index contributed by atoms with van der Waals surface area (Å²) in [5, 5.41) is 31.5. The summed E-state index contributed by atoms with van der Waals surface area (Å²) >= 11 is 0. The van der Waals surface area contributed by atoms with Crippen molar-refractivity contribution < 1.29 is 15.3 Å². The molecular formula is C15H28O3. The van der Waals surface area contributed by atoms with Crippen molar-refractivity contribution in [3.8, 4) is 0 Å². The lowest BCUT2D eigenvalue weighted by molar-refractivity contribution is -0.119. The maximum atomic E-state index is 10.6. The molecule has 0 aromatic heterocycles. The third-order valence-corrected chi connectivity index (χ3v) is 5.76. The van der Waals surface area contributed by atoms with Crippen molar-refractivity contribution in [2.45, 2.75) is 71.2 Å². The molecule has 0 saturated heterocycles. The highest BCUT2D eigenvalue weighted by Gasteiger charge is 2.58. The van der Waals surface area contributed by atoms with E-state index in [0.717, 1.165) is 12.8 Å². The fourth-order valence-electron chi connectivity index (χ4n) is 4.34. The molecule has 0 aromatic carbocycles. The van der Waals surface area contributed by atoms with Crippen molar-refractivity contribution in [3.63, 3.8) is 0 Å². The van der Waals surface area contributed by atoms with Crippen LogP contribution in [0.2, 0.25) is 0 Å². The average Bonchev–Trinajstić information content (AvgIpc) is 2.61. The fraction of sp³-hybridized carbons (Fsp3) is 1.00. The predicted octanol–water partition coefficient (Wildman–Crippen LogP) is 1.94. The molecule has 3 unspecified atom stereocenters. The third kappa shape index (κ3) is 2.00. The van der Waals surface area contributed by atoms with E-state index < -0.39 is 17.8 Å². The van der Waals surface area contributed by atoms with Gasteiger partial charge in [-0.2, -0.15) is 0 Å². The van der Waals surface area contributed by atoms with Crippen LogP contribution in [0.25, 0.3) is 0 Å². The topological polar surface area (TPSA) is 60.7 Å². The number of fused-ring (bicyclic) bond motifs is 1. The zero-order valence-electron chi connectivity index (χ0n) is 12.1. The first-order valence-electron chi connectivity index (χ1n) is 7.28. The largest absolute Gasteiger partial charge is 0.393 e. The standard InChI is InChI=1S/C15H28O3/c1-9(2)10-5-7-14(3)11(16)6-8-15(4,18)13(17)12(10)14/h9-13,16-18H,5-8H2,1-4H3/t10?,11?,12-,13?,14-,15-/m0/s1. The van der Waals surface area contributed by atoms with Gasteiger partial charge in [0, 0.05) is 0 Å². The summed E-state index contributed by atoms with van der Waals surface area (Å²) in [6.45, 7) is 8.16. The van der Waals surface area contributed by atoms with Crippen LogP contribution in [0.5, 0.6) is 0 Å². The molecule has 106 valence electrons. The minimum Gasteiger partial charge on any atom is -0.393 e. The number of rotatable bonds is 1. The molecule has 0 amide bonds. The maximum Gasteiger partial charge on any atom is 0.0881 e. The molecule has 0 spiro atoms. The Hall–Kier alpha value is -0.120. The summed E-state index contributed by atoms with van der Waals surface area (Å²) in [7, 11) is 0. The first-order valence-corrected chi connectivity index (χ1v) is 7.28. The molecular weight excluding hydrogens is 228 g/mol. The van der Waals surface area contributed by atoms with Gasteiger partial charge >= 0.3 is 0 Å². The van der Waals surface area contributed by atoms with Gasteiger partial charge in [-0.15, -0.1) is 0 Å². The Morgan fingerprint density at radius 1 is 1.06 bits per heavy atom. The van der Waals surface area contributed by atoms with Crippen LogP contribution >= 0.6 is 0 Å². The minimum atomic E-state index is -1.07. The van der Waals surface area contributed by atoms with Crippen LogP contribution in [-0.4, -0.2) is 33.1 Å². The Labute approximate surface area is 110 Å². The summed E-state index contributed by atoms with van der Waals surface area (Å²) in [6, 6.07) is 0. The van der Waals surface area contributed by atoms with E-state index in [1.807, 2.05) is 0 Å². The first kappa shape index (κ1) is 14.3. The molecule has 0 aliphatic heterocycles. The average molecular weight is 256 g/mol.